The molecule has 1 saturated heterocycles. The summed E-state index contributed by atoms with van der Waals surface area (Å²) in [4.78, 5) is 11.7. The standard InChI is InChI=1S/C22H28N4O/c1-15-2-4-19-20(15)21(25-14-24-19)26-9-7-22(8-10-26)13-23-18-5-3-16(6-11-27)12-17(18)22/h3,5,12,14-15,23,27H,2,4,6-11,13H2,1H3. The van der Waals surface area contributed by atoms with Crippen molar-refractivity contribution in [2.75, 3.05) is 36.5 Å². The molecule has 1 fully saturated rings. The number of aryl methyl sites for hydroxylation is 1. The van der Waals surface area contributed by atoms with Gasteiger partial charge in [0, 0.05) is 48.6 Å². The molecule has 3 heterocycles. The van der Waals surface area contributed by atoms with E-state index >= 15 is 0 Å². The van der Waals surface area contributed by atoms with Gasteiger partial charge in [-0.05, 0) is 55.2 Å². The number of fused-ring (bicyclic) bond motifs is 3. The number of nitrogens with one attached hydrogen (secondary N) is 1. The first kappa shape index (κ1) is 17.0. The number of aliphatic hydroxyl groups excluding tert-OH is 1. The molecule has 1 aliphatic carbocycles. The molecule has 3 aliphatic rings. The van der Waals surface area contributed by atoms with Crippen LogP contribution >= 0.6 is 0 Å². The van der Waals surface area contributed by atoms with Crippen molar-refractivity contribution in [2.45, 2.75) is 50.4 Å². The number of aliphatic hydroxyl groups is 1. The summed E-state index contributed by atoms with van der Waals surface area (Å²) in [5.74, 6) is 1.75. The number of aromatic nitrogens is 2. The Morgan fingerprint density at radius 1 is 1.26 bits per heavy atom. The fourth-order valence-corrected chi connectivity index (χ4v) is 5.30. The number of hydrogen-bond donors (Lipinski definition) is 2. The highest BCUT2D eigenvalue weighted by Crippen LogP contribution is 2.46. The molecule has 5 nitrogen and oxygen atoms in total. The number of piperidine rings is 1. The van der Waals surface area contributed by atoms with E-state index in [9.17, 15) is 5.11 Å². The van der Waals surface area contributed by atoms with Crippen molar-refractivity contribution in [3.63, 3.8) is 0 Å². The van der Waals surface area contributed by atoms with E-state index in [0.29, 0.717) is 5.92 Å². The molecular formula is C22H28N4O. The van der Waals surface area contributed by atoms with Crippen molar-refractivity contribution in [1.29, 1.82) is 0 Å². The van der Waals surface area contributed by atoms with Gasteiger partial charge in [-0.25, -0.2) is 9.97 Å². The van der Waals surface area contributed by atoms with Gasteiger partial charge in [-0.2, -0.15) is 0 Å². The van der Waals surface area contributed by atoms with E-state index in [0.717, 1.165) is 45.3 Å². The third-order valence-electron chi connectivity index (χ3n) is 6.95. The number of rotatable bonds is 3. The highest BCUT2D eigenvalue weighted by molar-refractivity contribution is 5.62. The minimum Gasteiger partial charge on any atom is -0.396 e. The Labute approximate surface area is 160 Å². The van der Waals surface area contributed by atoms with Gasteiger partial charge >= 0.3 is 0 Å². The van der Waals surface area contributed by atoms with Gasteiger partial charge < -0.3 is 15.3 Å². The van der Waals surface area contributed by atoms with Crippen LogP contribution in [0.4, 0.5) is 11.5 Å². The fourth-order valence-electron chi connectivity index (χ4n) is 5.30. The van der Waals surface area contributed by atoms with Gasteiger partial charge in [-0.3, -0.25) is 0 Å². The lowest BCUT2D eigenvalue weighted by Crippen LogP contribution is -2.44. The lowest BCUT2D eigenvalue weighted by molar-refractivity contribution is 0.299. The van der Waals surface area contributed by atoms with Gasteiger partial charge in [0.2, 0.25) is 0 Å². The first-order valence-electron chi connectivity index (χ1n) is 10.3. The Kier molecular flexibility index (Phi) is 4.08. The highest BCUT2D eigenvalue weighted by atomic mass is 16.2. The summed E-state index contributed by atoms with van der Waals surface area (Å²) in [5.41, 5.74) is 6.84. The highest BCUT2D eigenvalue weighted by Gasteiger charge is 2.42. The minimum atomic E-state index is 0.212. The molecule has 0 amide bonds. The fraction of sp³-hybridized carbons (Fsp3) is 0.545. The second kappa shape index (κ2) is 6.48. The van der Waals surface area contributed by atoms with Crippen LogP contribution in [0.5, 0.6) is 0 Å². The van der Waals surface area contributed by atoms with E-state index in [4.69, 9.17) is 4.98 Å². The van der Waals surface area contributed by atoms with Gasteiger partial charge in [0.05, 0.1) is 0 Å². The van der Waals surface area contributed by atoms with Crippen LogP contribution in [0.15, 0.2) is 24.5 Å². The summed E-state index contributed by atoms with van der Waals surface area (Å²) < 4.78 is 0. The smallest absolute Gasteiger partial charge is 0.135 e. The molecule has 1 unspecified atom stereocenters. The summed E-state index contributed by atoms with van der Waals surface area (Å²) in [7, 11) is 0. The lowest BCUT2D eigenvalue weighted by atomic mass is 9.74. The van der Waals surface area contributed by atoms with Gasteiger partial charge in [0.1, 0.15) is 12.1 Å². The molecule has 1 aromatic carbocycles. The maximum atomic E-state index is 9.29. The van der Waals surface area contributed by atoms with Crippen LogP contribution in [0.2, 0.25) is 0 Å². The predicted molar refractivity (Wildman–Crippen MR) is 108 cm³/mol. The van der Waals surface area contributed by atoms with Gasteiger partial charge in [-0.1, -0.05) is 19.1 Å². The predicted octanol–water partition coefficient (Wildman–Crippen LogP) is 3.02. The largest absolute Gasteiger partial charge is 0.396 e. The topological polar surface area (TPSA) is 61.3 Å². The monoisotopic (exact) mass is 364 g/mol. The Bertz CT molecular complexity index is 857. The van der Waals surface area contributed by atoms with Crippen molar-refractivity contribution < 1.29 is 5.11 Å². The summed E-state index contributed by atoms with van der Waals surface area (Å²) >= 11 is 0. The van der Waals surface area contributed by atoms with Gasteiger partial charge in [0.25, 0.3) is 0 Å². The molecule has 0 radical (unpaired) electrons. The quantitative estimate of drug-likeness (QED) is 0.877. The van der Waals surface area contributed by atoms with Gasteiger partial charge in [0.15, 0.2) is 0 Å². The van der Waals surface area contributed by atoms with E-state index in [1.165, 1.54) is 40.3 Å². The molecule has 0 bridgehead atoms. The molecule has 27 heavy (non-hydrogen) atoms. The zero-order chi connectivity index (χ0) is 18.4. The number of benzene rings is 1. The Balaban J connectivity index is 1.40. The van der Waals surface area contributed by atoms with Crippen molar-refractivity contribution >= 4 is 11.5 Å². The normalized spacial score (nSPS) is 22.6. The molecule has 2 aliphatic heterocycles. The first-order chi connectivity index (χ1) is 13.2. The zero-order valence-electron chi connectivity index (χ0n) is 16.0. The number of nitrogens with zero attached hydrogens (tertiary/aromatic N) is 3. The summed E-state index contributed by atoms with van der Waals surface area (Å²) in [6, 6.07) is 6.66. The maximum absolute atomic E-state index is 9.29. The summed E-state index contributed by atoms with van der Waals surface area (Å²) in [5, 5.41) is 12.9. The second-order valence-electron chi connectivity index (χ2n) is 8.47. The SMILES string of the molecule is CC1CCc2ncnc(N3CCC4(CC3)CNc3ccc(CCO)cc34)c21. The molecule has 5 rings (SSSR count). The lowest BCUT2D eigenvalue weighted by Gasteiger charge is -2.40. The Morgan fingerprint density at radius 3 is 2.93 bits per heavy atom. The first-order valence-corrected chi connectivity index (χ1v) is 10.3. The molecule has 1 atom stereocenters. The summed E-state index contributed by atoms with van der Waals surface area (Å²) in [6.45, 7) is 5.63. The molecule has 1 spiro atoms. The average Bonchev–Trinajstić information content (AvgIpc) is 3.24. The Morgan fingerprint density at radius 2 is 2.11 bits per heavy atom. The summed E-state index contributed by atoms with van der Waals surface area (Å²) in [6.07, 6.45) is 7.06. The van der Waals surface area contributed by atoms with Crippen LogP contribution in [0.3, 0.4) is 0 Å². The van der Waals surface area contributed by atoms with Crippen LogP contribution in [-0.2, 0) is 18.3 Å². The molecule has 2 N–H and O–H groups in total. The molecule has 142 valence electrons. The van der Waals surface area contributed by atoms with E-state index in [1.54, 1.807) is 6.33 Å². The molecule has 2 aromatic rings. The van der Waals surface area contributed by atoms with Crippen molar-refractivity contribution in [3.8, 4) is 0 Å². The second-order valence-corrected chi connectivity index (χ2v) is 8.47. The molecule has 5 heteroatoms. The van der Waals surface area contributed by atoms with Crippen LogP contribution < -0.4 is 10.2 Å². The molecular weight excluding hydrogens is 336 g/mol. The minimum absolute atomic E-state index is 0.212. The van der Waals surface area contributed by atoms with Crippen LogP contribution in [0.1, 0.15) is 54.5 Å². The van der Waals surface area contributed by atoms with E-state index < -0.39 is 0 Å². The van der Waals surface area contributed by atoms with E-state index in [2.05, 4.69) is 40.3 Å². The third-order valence-corrected chi connectivity index (χ3v) is 6.95. The van der Waals surface area contributed by atoms with Gasteiger partial charge in [-0.15, -0.1) is 0 Å². The van der Waals surface area contributed by atoms with Crippen molar-refractivity contribution in [3.05, 3.63) is 46.9 Å². The third kappa shape index (κ3) is 2.71. The van der Waals surface area contributed by atoms with Crippen LogP contribution in [0, 0.1) is 0 Å². The van der Waals surface area contributed by atoms with E-state index in [-0.39, 0.29) is 12.0 Å². The van der Waals surface area contributed by atoms with Crippen LogP contribution in [0.25, 0.3) is 0 Å². The Hall–Kier alpha value is -2.14. The number of hydrogen-bond acceptors (Lipinski definition) is 5. The maximum Gasteiger partial charge on any atom is 0.135 e. The molecule has 0 saturated carbocycles. The van der Waals surface area contributed by atoms with Crippen molar-refractivity contribution in [1.82, 2.24) is 9.97 Å². The van der Waals surface area contributed by atoms with Crippen molar-refractivity contribution in [2.24, 2.45) is 0 Å². The average molecular weight is 364 g/mol. The molecule has 1 aromatic heterocycles. The number of anilines is 2. The zero-order valence-corrected chi connectivity index (χ0v) is 16.0. The van der Waals surface area contributed by atoms with E-state index in [1.807, 2.05) is 0 Å². The van der Waals surface area contributed by atoms with Crippen LogP contribution in [-0.4, -0.2) is 41.3 Å².